The number of pyridine rings is 1. The fourth-order valence-corrected chi connectivity index (χ4v) is 3.22. The number of benzene rings is 1. The summed E-state index contributed by atoms with van der Waals surface area (Å²) < 4.78 is 3.89. The van der Waals surface area contributed by atoms with E-state index in [1.807, 2.05) is 61.3 Å². The SMILES string of the molecule is c1ccc(Cn2ccnc2-c2cccc(-c3cnn4cccnc34)c2)nc1. The van der Waals surface area contributed by atoms with Crippen LogP contribution in [0.2, 0.25) is 0 Å². The average Bonchev–Trinajstić information content (AvgIpc) is 3.36. The van der Waals surface area contributed by atoms with E-state index in [9.17, 15) is 0 Å². The maximum Gasteiger partial charge on any atom is 0.162 e. The van der Waals surface area contributed by atoms with Crippen molar-refractivity contribution in [3.8, 4) is 22.5 Å². The fourth-order valence-electron chi connectivity index (χ4n) is 3.22. The maximum atomic E-state index is 4.57. The topological polar surface area (TPSA) is 60.9 Å². The largest absolute Gasteiger partial charge is 0.325 e. The van der Waals surface area contributed by atoms with Gasteiger partial charge in [-0.25, -0.2) is 14.5 Å². The molecule has 0 saturated heterocycles. The summed E-state index contributed by atoms with van der Waals surface area (Å²) in [7, 11) is 0. The summed E-state index contributed by atoms with van der Waals surface area (Å²) in [5.74, 6) is 0.909. The average molecular weight is 352 g/mol. The lowest BCUT2D eigenvalue weighted by atomic mass is 10.1. The van der Waals surface area contributed by atoms with Crippen LogP contribution in [0.3, 0.4) is 0 Å². The van der Waals surface area contributed by atoms with E-state index in [-0.39, 0.29) is 0 Å². The first kappa shape index (κ1) is 15.5. The van der Waals surface area contributed by atoms with Crippen molar-refractivity contribution >= 4 is 5.65 Å². The van der Waals surface area contributed by atoms with Crippen molar-refractivity contribution < 1.29 is 0 Å². The van der Waals surface area contributed by atoms with Crippen LogP contribution in [0, 0.1) is 0 Å². The van der Waals surface area contributed by atoms with Crippen molar-refractivity contribution in [1.82, 2.24) is 29.1 Å². The van der Waals surface area contributed by atoms with Crippen LogP contribution in [-0.2, 0) is 6.54 Å². The van der Waals surface area contributed by atoms with Gasteiger partial charge >= 0.3 is 0 Å². The lowest BCUT2D eigenvalue weighted by Crippen LogP contribution is -2.02. The molecule has 0 aliphatic heterocycles. The highest BCUT2D eigenvalue weighted by molar-refractivity contribution is 5.79. The molecule has 0 radical (unpaired) electrons. The highest BCUT2D eigenvalue weighted by Crippen LogP contribution is 2.27. The van der Waals surface area contributed by atoms with E-state index in [1.54, 1.807) is 10.7 Å². The molecule has 0 bridgehead atoms. The van der Waals surface area contributed by atoms with Gasteiger partial charge < -0.3 is 4.57 Å². The van der Waals surface area contributed by atoms with Crippen LogP contribution >= 0.6 is 0 Å². The van der Waals surface area contributed by atoms with Crippen LogP contribution in [0.25, 0.3) is 28.2 Å². The Labute approximate surface area is 155 Å². The van der Waals surface area contributed by atoms with Gasteiger partial charge in [-0.3, -0.25) is 4.98 Å². The van der Waals surface area contributed by atoms with E-state index in [0.29, 0.717) is 6.54 Å². The van der Waals surface area contributed by atoms with Gasteiger partial charge in [0.05, 0.1) is 18.4 Å². The molecule has 0 aliphatic rings. The smallest absolute Gasteiger partial charge is 0.162 e. The number of hydrogen-bond donors (Lipinski definition) is 0. The van der Waals surface area contributed by atoms with Crippen LogP contribution < -0.4 is 0 Å². The molecule has 27 heavy (non-hydrogen) atoms. The minimum absolute atomic E-state index is 0.679. The highest BCUT2D eigenvalue weighted by Gasteiger charge is 2.11. The van der Waals surface area contributed by atoms with Gasteiger partial charge in [-0.15, -0.1) is 0 Å². The fraction of sp³-hybridized carbons (Fsp3) is 0.0476. The zero-order valence-corrected chi connectivity index (χ0v) is 14.5. The van der Waals surface area contributed by atoms with Gasteiger partial charge in [-0.05, 0) is 29.8 Å². The standard InChI is InChI=1S/C21H16N6/c1-2-8-22-18(7-1)15-26-12-10-24-20(26)17-6-3-5-16(13-17)19-14-25-27-11-4-9-23-21(19)27/h1-14H,15H2. The number of rotatable bonds is 4. The molecule has 0 aliphatic carbocycles. The molecule has 5 aromatic rings. The van der Waals surface area contributed by atoms with Crippen LogP contribution in [0.1, 0.15) is 5.69 Å². The summed E-state index contributed by atoms with van der Waals surface area (Å²) in [6.07, 6.45) is 11.1. The van der Waals surface area contributed by atoms with E-state index in [2.05, 4.69) is 42.8 Å². The molecular formula is C21H16N6. The van der Waals surface area contributed by atoms with Crippen molar-refractivity contribution in [2.24, 2.45) is 0 Å². The highest BCUT2D eigenvalue weighted by atomic mass is 15.2. The summed E-state index contributed by atoms with van der Waals surface area (Å²) in [5.41, 5.74) is 4.95. The Morgan fingerprint density at radius 3 is 2.63 bits per heavy atom. The summed E-state index contributed by atoms with van der Waals surface area (Å²) in [5, 5.41) is 4.39. The Kier molecular flexibility index (Phi) is 3.72. The molecule has 0 unspecified atom stereocenters. The van der Waals surface area contributed by atoms with Crippen LogP contribution in [0.4, 0.5) is 0 Å². The monoisotopic (exact) mass is 352 g/mol. The van der Waals surface area contributed by atoms with E-state index >= 15 is 0 Å². The molecule has 0 saturated carbocycles. The van der Waals surface area contributed by atoms with Crippen molar-refractivity contribution in [1.29, 1.82) is 0 Å². The van der Waals surface area contributed by atoms with E-state index in [0.717, 1.165) is 33.9 Å². The molecule has 5 rings (SSSR count). The third-order valence-corrected chi connectivity index (χ3v) is 4.49. The number of imidazole rings is 1. The normalized spacial score (nSPS) is 11.1. The summed E-state index contributed by atoms with van der Waals surface area (Å²) in [6.45, 7) is 0.679. The van der Waals surface area contributed by atoms with E-state index in [4.69, 9.17) is 0 Å². The second-order valence-corrected chi connectivity index (χ2v) is 6.23. The van der Waals surface area contributed by atoms with Gasteiger partial charge in [0.25, 0.3) is 0 Å². The molecule has 1 aromatic carbocycles. The van der Waals surface area contributed by atoms with Gasteiger partial charge in [-0.1, -0.05) is 24.3 Å². The van der Waals surface area contributed by atoms with Gasteiger partial charge in [0.2, 0.25) is 0 Å². The Morgan fingerprint density at radius 2 is 1.70 bits per heavy atom. The van der Waals surface area contributed by atoms with Crippen molar-refractivity contribution in [2.45, 2.75) is 6.54 Å². The summed E-state index contributed by atoms with van der Waals surface area (Å²) in [6, 6.07) is 16.1. The molecule has 0 N–H and O–H groups in total. The maximum absolute atomic E-state index is 4.57. The lowest BCUT2D eigenvalue weighted by Gasteiger charge is -2.09. The molecule has 6 heteroatoms. The molecule has 130 valence electrons. The third-order valence-electron chi connectivity index (χ3n) is 4.49. The zero-order chi connectivity index (χ0) is 18.1. The molecule has 6 nitrogen and oxygen atoms in total. The van der Waals surface area contributed by atoms with Gasteiger partial charge in [0.1, 0.15) is 5.82 Å². The van der Waals surface area contributed by atoms with Crippen molar-refractivity contribution in [3.05, 3.63) is 91.4 Å². The van der Waals surface area contributed by atoms with Gasteiger partial charge in [-0.2, -0.15) is 5.10 Å². The minimum atomic E-state index is 0.679. The predicted octanol–water partition coefficient (Wildman–Crippen LogP) is 3.70. The quantitative estimate of drug-likeness (QED) is 0.495. The van der Waals surface area contributed by atoms with Gasteiger partial charge in [0, 0.05) is 42.1 Å². The number of hydrogen-bond acceptors (Lipinski definition) is 4. The van der Waals surface area contributed by atoms with Gasteiger partial charge in [0.15, 0.2) is 5.65 Å². The Hall–Kier alpha value is -3.80. The summed E-state index contributed by atoms with van der Waals surface area (Å²) in [4.78, 5) is 13.4. The zero-order valence-electron chi connectivity index (χ0n) is 14.5. The number of aromatic nitrogens is 6. The van der Waals surface area contributed by atoms with Crippen LogP contribution in [-0.4, -0.2) is 29.1 Å². The van der Waals surface area contributed by atoms with Crippen molar-refractivity contribution in [2.75, 3.05) is 0 Å². The minimum Gasteiger partial charge on any atom is -0.325 e. The molecule has 0 amide bonds. The lowest BCUT2D eigenvalue weighted by molar-refractivity contribution is 0.782. The second-order valence-electron chi connectivity index (χ2n) is 6.23. The van der Waals surface area contributed by atoms with Crippen LogP contribution in [0.5, 0.6) is 0 Å². The molecular weight excluding hydrogens is 336 g/mol. The first-order valence-electron chi connectivity index (χ1n) is 8.69. The van der Waals surface area contributed by atoms with E-state index in [1.165, 1.54) is 0 Å². The Morgan fingerprint density at radius 1 is 0.778 bits per heavy atom. The second kappa shape index (κ2) is 6.49. The van der Waals surface area contributed by atoms with E-state index < -0.39 is 0 Å². The number of fused-ring (bicyclic) bond motifs is 1. The third kappa shape index (κ3) is 2.87. The van der Waals surface area contributed by atoms with Crippen LogP contribution in [0.15, 0.2) is 85.7 Å². The predicted molar refractivity (Wildman–Crippen MR) is 103 cm³/mol. The Balaban J connectivity index is 1.55. The molecule has 4 aromatic heterocycles. The molecule has 0 atom stereocenters. The molecule has 4 heterocycles. The summed E-state index contributed by atoms with van der Waals surface area (Å²) >= 11 is 0. The first-order valence-corrected chi connectivity index (χ1v) is 8.69. The van der Waals surface area contributed by atoms with Crippen molar-refractivity contribution in [3.63, 3.8) is 0 Å². The first-order chi connectivity index (χ1) is 13.4. The molecule has 0 fully saturated rings. The molecule has 0 spiro atoms. The Bertz CT molecular complexity index is 1210. The number of nitrogens with zero attached hydrogens (tertiary/aromatic N) is 6.